The first kappa shape index (κ1) is 24.6. The van der Waals surface area contributed by atoms with Crippen molar-refractivity contribution in [2.24, 2.45) is 11.1 Å². The topological polar surface area (TPSA) is 113 Å². The third-order valence-corrected chi connectivity index (χ3v) is 4.42. The zero-order valence-corrected chi connectivity index (χ0v) is 15.9. The van der Waals surface area contributed by atoms with Gasteiger partial charge in [-0.15, -0.1) is 0 Å². The van der Waals surface area contributed by atoms with Crippen molar-refractivity contribution in [3.05, 3.63) is 7.43 Å². The van der Waals surface area contributed by atoms with Gasteiger partial charge in [-0.25, -0.2) is 0 Å². The van der Waals surface area contributed by atoms with Crippen molar-refractivity contribution in [3.8, 4) is 0 Å². The molecule has 1 radical (unpaired) electrons. The van der Waals surface area contributed by atoms with Gasteiger partial charge in [-0.1, -0.05) is 0 Å². The molecular weight excluding hydrogens is 357 g/mol. The van der Waals surface area contributed by atoms with Crippen LogP contribution in [0.2, 0.25) is 0 Å². The quantitative estimate of drug-likeness (QED) is 0.440. The Morgan fingerprint density at radius 1 is 1.43 bits per heavy atom. The Hall–Kier alpha value is -0.696. The summed E-state index contributed by atoms with van der Waals surface area (Å²) in [5, 5.41) is 12.0. The van der Waals surface area contributed by atoms with Gasteiger partial charge < -0.3 is 28.5 Å². The molecule has 2 aliphatic rings. The fourth-order valence-corrected chi connectivity index (χ4v) is 3.25. The molecule has 9 heteroatoms. The van der Waals surface area contributed by atoms with Crippen LogP contribution in [0.15, 0.2) is 0 Å². The maximum atomic E-state index is 12.3. The smallest absolute Gasteiger partial charge is 0.242 e. The molecule has 0 aromatic heterocycles. The summed E-state index contributed by atoms with van der Waals surface area (Å²) in [5.74, 6) is -0.833. The van der Waals surface area contributed by atoms with E-state index in [4.69, 9.17) is 10.8 Å². The minimum atomic E-state index is -0.916. The van der Waals surface area contributed by atoms with Gasteiger partial charge in [-0.05, 0) is 25.7 Å². The number of aliphatic hydroxyl groups excluding tert-OH is 1. The van der Waals surface area contributed by atoms with Gasteiger partial charge in [-0.3, -0.25) is 14.4 Å². The SMILES string of the molecule is CC(=O)NC1CCC2(CC1)CN([C@@H](CO)C(N)=O)C2=O.S.[CH3-].[V]. The second-order valence-electron chi connectivity index (χ2n) is 5.79. The summed E-state index contributed by atoms with van der Waals surface area (Å²) in [6.45, 7) is 1.51. The number of hydrogen-bond acceptors (Lipinski definition) is 4. The Kier molecular flexibility index (Phi) is 10.2. The van der Waals surface area contributed by atoms with Gasteiger partial charge in [0.25, 0.3) is 0 Å². The van der Waals surface area contributed by atoms with E-state index in [0.29, 0.717) is 19.4 Å². The standard InChI is InChI=1S/C13H21N3O4.CH3.H2S.V/c1-8(18)15-9-2-4-13(5-3-9)7-16(12(13)20)10(6-17)11(14)19;;;/h9-10,17H,2-7H2,1H3,(H2,14,19)(H,15,18);1H3;1H2;/q;-1;;/t9?,10-,13?;;;/m0.../s1. The third kappa shape index (κ3) is 4.89. The number of amides is 3. The van der Waals surface area contributed by atoms with E-state index in [1.54, 1.807) is 0 Å². The van der Waals surface area contributed by atoms with E-state index in [-0.39, 0.29) is 57.3 Å². The second kappa shape index (κ2) is 9.56. The molecule has 1 heterocycles. The number of carbonyl (C=O) groups excluding carboxylic acids is 3. The second-order valence-corrected chi connectivity index (χ2v) is 5.79. The maximum absolute atomic E-state index is 12.3. The summed E-state index contributed by atoms with van der Waals surface area (Å²) in [6, 6.07) is -0.786. The fourth-order valence-electron chi connectivity index (χ4n) is 3.25. The number of nitrogens with zero attached hydrogens (tertiary/aromatic N) is 1. The first-order chi connectivity index (χ1) is 9.39. The number of β-lactam (4-membered cyclic amide) rings is 1. The number of hydrogen-bond donors (Lipinski definition) is 3. The van der Waals surface area contributed by atoms with Crippen molar-refractivity contribution in [3.63, 3.8) is 0 Å². The molecule has 1 saturated heterocycles. The maximum Gasteiger partial charge on any atom is 0.242 e. The van der Waals surface area contributed by atoms with E-state index in [0.717, 1.165) is 12.8 Å². The van der Waals surface area contributed by atoms with Crippen molar-refractivity contribution in [1.29, 1.82) is 0 Å². The molecule has 1 saturated carbocycles. The normalized spacial score (nSPS) is 26.8. The molecule has 4 N–H and O–H groups in total. The molecule has 133 valence electrons. The van der Waals surface area contributed by atoms with Crippen molar-refractivity contribution >= 4 is 31.2 Å². The molecule has 3 amide bonds. The van der Waals surface area contributed by atoms with Gasteiger partial charge in [0, 0.05) is 38.1 Å². The number of likely N-dealkylation sites (tertiary alicyclic amines) is 1. The summed E-state index contributed by atoms with van der Waals surface area (Å²) < 4.78 is 0. The van der Waals surface area contributed by atoms with Gasteiger partial charge in [0.05, 0.1) is 12.0 Å². The predicted octanol–water partition coefficient (Wildman–Crippen LogP) is -0.700. The minimum absolute atomic E-state index is 0. The van der Waals surface area contributed by atoms with Crippen LogP contribution in [0.25, 0.3) is 0 Å². The van der Waals surface area contributed by atoms with Crippen LogP contribution in [0.3, 0.4) is 0 Å². The van der Waals surface area contributed by atoms with Crippen LogP contribution in [-0.2, 0) is 32.9 Å². The summed E-state index contributed by atoms with van der Waals surface area (Å²) in [6.07, 6.45) is 2.92. The van der Waals surface area contributed by atoms with Crippen LogP contribution < -0.4 is 11.1 Å². The van der Waals surface area contributed by atoms with Crippen LogP contribution in [0.5, 0.6) is 0 Å². The molecule has 1 spiro atoms. The summed E-state index contributed by atoms with van der Waals surface area (Å²) >= 11 is 0. The Bertz CT molecular complexity index is 442. The monoisotopic (exact) mass is 383 g/mol. The van der Waals surface area contributed by atoms with E-state index in [1.807, 2.05) is 0 Å². The molecule has 1 aliphatic heterocycles. The Morgan fingerprint density at radius 2 is 1.96 bits per heavy atom. The van der Waals surface area contributed by atoms with Crippen LogP contribution >= 0.6 is 13.5 Å². The van der Waals surface area contributed by atoms with Gasteiger partial charge in [-0.2, -0.15) is 13.5 Å². The Labute approximate surface area is 156 Å². The number of nitrogens with one attached hydrogen (secondary N) is 1. The van der Waals surface area contributed by atoms with Crippen LogP contribution in [0.4, 0.5) is 0 Å². The molecule has 0 unspecified atom stereocenters. The van der Waals surface area contributed by atoms with Gasteiger partial charge in [0.1, 0.15) is 6.04 Å². The zero-order valence-electron chi connectivity index (χ0n) is 13.5. The average Bonchev–Trinajstić information content (AvgIpc) is 2.39. The van der Waals surface area contributed by atoms with E-state index in [9.17, 15) is 14.4 Å². The largest absolute Gasteiger partial charge is 0.394 e. The molecule has 7 nitrogen and oxygen atoms in total. The van der Waals surface area contributed by atoms with Gasteiger partial charge in [0.15, 0.2) is 0 Å². The molecule has 0 aromatic rings. The van der Waals surface area contributed by atoms with Crippen molar-refractivity contribution < 1.29 is 38.0 Å². The van der Waals surface area contributed by atoms with Crippen molar-refractivity contribution in [2.45, 2.75) is 44.7 Å². The third-order valence-electron chi connectivity index (χ3n) is 4.42. The number of nitrogens with two attached hydrogens (primary N) is 1. The van der Waals surface area contributed by atoms with Crippen LogP contribution in [0, 0.1) is 12.8 Å². The van der Waals surface area contributed by atoms with Crippen molar-refractivity contribution in [1.82, 2.24) is 10.2 Å². The van der Waals surface area contributed by atoms with Crippen LogP contribution in [-0.4, -0.2) is 53.0 Å². The predicted molar refractivity (Wildman–Crippen MR) is 87.1 cm³/mol. The van der Waals surface area contributed by atoms with Gasteiger partial charge in [0.2, 0.25) is 17.7 Å². The molecule has 23 heavy (non-hydrogen) atoms. The molecule has 0 bridgehead atoms. The number of aliphatic hydroxyl groups is 1. The first-order valence-corrected chi connectivity index (χ1v) is 6.88. The number of carbonyl (C=O) groups is 3. The van der Waals surface area contributed by atoms with Gasteiger partial charge >= 0.3 is 0 Å². The fraction of sp³-hybridized carbons (Fsp3) is 0.714. The van der Waals surface area contributed by atoms with Crippen molar-refractivity contribution in [2.75, 3.05) is 13.2 Å². The summed E-state index contributed by atoms with van der Waals surface area (Å²) in [4.78, 5) is 35.8. The number of rotatable bonds is 4. The molecule has 1 aliphatic carbocycles. The molecule has 2 rings (SSSR count). The van der Waals surface area contributed by atoms with E-state index < -0.39 is 24.0 Å². The average molecular weight is 383 g/mol. The zero-order chi connectivity index (χ0) is 14.9. The molecule has 2 fully saturated rings. The van der Waals surface area contributed by atoms with Crippen LogP contribution in [0.1, 0.15) is 32.6 Å². The Balaban J connectivity index is 0. The van der Waals surface area contributed by atoms with E-state index in [2.05, 4.69) is 5.32 Å². The molecule has 0 aromatic carbocycles. The molecular formula is C14H26N3O4SV-. The number of primary amides is 1. The minimum Gasteiger partial charge on any atom is -0.394 e. The summed E-state index contributed by atoms with van der Waals surface area (Å²) in [7, 11) is 0. The summed E-state index contributed by atoms with van der Waals surface area (Å²) in [5.41, 5.74) is 4.76. The van der Waals surface area contributed by atoms with E-state index in [1.165, 1.54) is 11.8 Å². The Morgan fingerprint density at radius 3 is 2.30 bits per heavy atom. The van der Waals surface area contributed by atoms with E-state index >= 15 is 0 Å². The first-order valence-electron chi connectivity index (χ1n) is 6.88. The molecule has 1 atom stereocenters.